The van der Waals surface area contributed by atoms with Gasteiger partial charge in [0.05, 0.1) is 7.11 Å². The molecule has 0 aliphatic rings. The first-order valence-electron chi connectivity index (χ1n) is 5.89. The highest BCUT2D eigenvalue weighted by atomic mass is 16.5. The second-order valence-corrected chi connectivity index (χ2v) is 3.93. The zero-order chi connectivity index (χ0) is 12.8. The van der Waals surface area contributed by atoms with E-state index < -0.39 is 0 Å². The second-order valence-electron chi connectivity index (χ2n) is 3.93. The van der Waals surface area contributed by atoms with Crippen molar-refractivity contribution in [2.75, 3.05) is 13.7 Å². The Morgan fingerprint density at radius 1 is 1.00 bits per heavy atom. The van der Waals surface area contributed by atoms with Crippen LogP contribution in [0.3, 0.4) is 0 Å². The second kappa shape index (κ2) is 6.07. The molecule has 0 aliphatic heterocycles. The Morgan fingerprint density at radius 3 is 2.39 bits per heavy atom. The van der Waals surface area contributed by atoms with Gasteiger partial charge in [-0.1, -0.05) is 36.4 Å². The van der Waals surface area contributed by atoms with Crippen molar-refractivity contribution in [3.05, 3.63) is 60.2 Å². The molecule has 2 rings (SSSR count). The van der Waals surface area contributed by atoms with Gasteiger partial charge in [0, 0.05) is 12.6 Å². The van der Waals surface area contributed by atoms with Gasteiger partial charge >= 0.3 is 0 Å². The van der Waals surface area contributed by atoms with Crippen molar-refractivity contribution in [1.82, 2.24) is 0 Å². The summed E-state index contributed by atoms with van der Waals surface area (Å²) in [5, 5.41) is 0. The topological polar surface area (TPSA) is 44.5 Å². The molecule has 0 saturated carbocycles. The van der Waals surface area contributed by atoms with E-state index in [1.165, 1.54) is 0 Å². The molecule has 0 amide bonds. The molecule has 0 radical (unpaired) electrons. The Morgan fingerprint density at radius 2 is 1.72 bits per heavy atom. The number of methoxy groups -OCH3 is 1. The molecule has 0 heterocycles. The Kier molecular flexibility index (Phi) is 4.20. The third-order valence-corrected chi connectivity index (χ3v) is 2.70. The molecule has 2 N–H and O–H groups in total. The maximum atomic E-state index is 5.89. The molecule has 94 valence electrons. The number of hydrogen-bond acceptors (Lipinski definition) is 3. The Balaban J connectivity index is 2.15. The SMILES string of the molecule is COc1cccc(OC(CN)c2ccccc2)c1. The summed E-state index contributed by atoms with van der Waals surface area (Å²) in [6, 6.07) is 17.5. The van der Waals surface area contributed by atoms with Crippen molar-refractivity contribution >= 4 is 0 Å². The molecule has 3 heteroatoms. The highest BCUT2D eigenvalue weighted by Crippen LogP contribution is 2.24. The minimum atomic E-state index is -0.140. The molecular weight excluding hydrogens is 226 g/mol. The standard InChI is InChI=1S/C15H17NO2/c1-17-13-8-5-9-14(10-13)18-15(11-16)12-6-3-2-4-7-12/h2-10,15H,11,16H2,1H3. The smallest absolute Gasteiger partial charge is 0.136 e. The van der Waals surface area contributed by atoms with Crippen molar-refractivity contribution in [2.24, 2.45) is 5.73 Å². The van der Waals surface area contributed by atoms with E-state index in [1.807, 2.05) is 54.6 Å². The molecule has 3 nitrogen and oxygen atoms in total. The van der Waals surface area contributed by atoms with Gasteiger partial charge in [-0.15, -0.1) is 0 Å². The molecule has 0 bridgehead atoms. The summed E-state index contributed by atoms with van der Waals surface area (Å²) in [4.78, 5) is 0. The van der Waals surface area contributed by atoms with Crippen molar-refractivity contribution in [3.63, 3.8) is 0 Å². The quantitative estimate of drug-likeness (QED) is 0.878. The molecule has 0 aromatic heterocycles. The third kappa shape index (κ3) is 3.02. The van der Waals surface area contributed by atoms with E-state index in [0.29, 0.717) is 6.54 Å². The lowest BCUT2D eigenvalue weighted by Crippen LogP contribution is -2.18. The molecule has 0 saturated heterocycles. The molecule has 18 heavy (non-hydrogen) atoms. The van der Waals surface area contributed by atoms with Crippen LogP contribution >= 0.6 is 0 Å². The Bertz CT molecular complexity index is 485. The Labute approximate surface area is 107 Å². The lowest BCUT2D eigenvalue weighted by molar-refractivity contribution is 0.213. The van der Waals surface area contributed by atoms with Gasteiger partial charge in [0.15, 0.2) is 0 Å². The van der Waals surface area contributed by atoms with Crippen LogP contribution in [0.25, 0.3) is 0 Å². The summed E-state index contributed by atoms with van der Waals surface area (Å²) in [6.45, 7) is 0.432. The zero-order valence-electron chi connectivity index (χ0n) is 10.4. The van der Waals surface area contributed by atoms with E-state index >= 15 is 0 Å². The summed E-state index contributed by atoms with van der Waals surface area (Å²) < 4.78 is 11.1. The summed E-state index contributed by atoms with van der Waals surface area (Å²) in [7, 11) is 1.64. The van der Waals surface area contributed by atoms with E-state index in [2.05, 4.69) is 0 Å². The van der Waals surface area contributed by atoms with E-state index in [1.54, 1.807) is 7.11 Å². The number of benzene rings is 2. The van der Waals surface area contributed by atoms with Crippen LogP contribution in [0, 0.1) is 0 Å². The van der Waals surface area contributed by atoms with Crippen LogP contribution in [0.4, 0.5) is 0 Å². The first-order valence-corrected chi connectivity index (χ1v) is 5.89. The third-order valence-electron chi connectivity index (χ3n) is 2.70. The molecular formula is C15H17NO2. The van der Waals surface area contributed by atoms with Crippen molar-refractivity contribution < 1.29 is 9.47 Å². The largest absolute Gasteiger partial charge is 0.497 e. The monoisotopic (exact) mass is 243 g/mol. The molecule has 0 fully saturated rings. The molecule has 0 aliphatic carbocycles. The van der Waals surface area contributed by atoms with Crippen molar-refractivity contribution in [1.29, 1.82) is 0 Å². The van der Waals surface area contributed by atoms with Crippen LogP contribution in [0.2, 0.25) is 0 Å². The van der Waals surface area contributed by atoms with Crippen LogP contribution < -0.4 is 15.2 Å². The number of rotatable bonds is 5. The minimum Gasteiger partial charge on any atom is -0.497 e. The summed E-state index contributed by atoms with van der Waals surface area (Å²) in [5.74, 6) is 1.53. The lowest BCUT2D eigenvalue weighted by atomic mass is 10.1. The van der Waals surface area contributed by atoms with Crippen LogP contribution in [0.15, 0.2) is 54.6 Å². The maximum Gasteiger partial charge on any atom is 0.136 e. The van der Waals surface area contributed by atoms with E-state index in [9.17, 15) is 0 Å². The highest BCUT2D eigenvalue weighted by Gasteiger charge is 2.11. The van der Waals surface area contributed by atoms with E-state index in [-0.39, 0.29) is 6.10 Å². The minimum absolute atomic E-state index is 0.140. The van der Waals surface area contributed by atoms with Gasteiger partial charge in [-0.3, -0.25) is 0 Å². The van der Waals surface area contributed by atoms with Gasteiger partial charge in [0.2, 0.25) is 0 Å². The van der Waals surface area contributed by atoms with Crippen LogP contribution in [-0.4, -0.2) is 13.7 Å². The average molecular weight is 243 g/mol. The highest BCUT2D eigenvalue weighted by molar-refractivity contribution is 5.33. The summed E-state index contributed by atoms with van der Waals surface area (Å²) >= 11 is 0. The molecule has 0 spiro atoms. The van der Waals surface area contributed by atoms with E-state index in [4.69, 9.17) is 15.2 Å². The fourth-order valence-corrected chi connectivity index (χ4v) is 1.76. The first kappa shape index (κ1) is 12.5. The molecule has 2 aromatic carbocycles. The van der Waals surface area contributed by atoms with Gasteiger partial charge < -0.3 is 15.2 Å². The average Bonchev–Trinajstić information content (AvgIpc) is 2.46. The Hall–Kier alpha value is -2.00. The van der Waals surface area contributed by atoms with Crippen molar-refractivity contribution in [2.45, 2.75) is 6.10 Å². The predicted molar refractivity (Wildman–Crippen MR) is 71.9 cm³/mol. The number of nitrogens with two attached hydrogens (primary N) is 1. The van der Waals surface area contributed by atoms with Crippen molar-refractivity contribution in [3.8, 4) is 11.5 Å². The van der Waals surface area contributed by atoms with Crippen LogP contribution in [0.1, 0.15) is 11.7 Å². The molecule has 1 atom stereocenters. The van der Waals surface area contributed by atoms with Gasteiger partial charge in [-0.05, 0) is 17.7 Å². The lowest BCUT2D eigenvalue weighted by Gasteiger charge is -2.18. The van der Waals surface area contributed by atoms with Gasteiger partial charge in [-0.2, -0.15) is 0 Å². The first-order chi connectivity index (χ1) is 8.83. The number of ether oxygens (including phenoxy) is 2. The van der Waals surface area contributed by atoms with E-state index in [0.717, 1.165) is 17.1 Å². The molecule has 2 aromatic rings. The maximum absolute atomic E-state index is 5.89. The summed E-state index contributed by atoms with van der Waals surface area (Å²) in [5.41, 5.74) is 6.84. The zero-order valence-corrected chi connectivity index (χ0v) is 10.4. The molecule has 1 unspecified atom stereocenters. The normalized spacial score (nSPS) is 11.9. The van der Waals surface area contributed by atoms with Gasteiger partial charge in [-0.25, -0.2) is 0 Å². The fraction of sp³-hybridized carbons (Fsp3) is 0.200. The predicted octanol–water partition coefficient (Wildman–Crippen LogP) is 2.77. The van der Waals surface area contributed by atoms with Crippen LogP contribution in [0.5, 0.6) is 11.5 Å². The fourth-order valence-electron chi connectivity index (χ4n) is 1.76. The van der Waals surface area contributed by atoms with Crippen LogP contribution in [-0.2, 0) is 0 Å². The summed E-state index contributed by atoms with van der Waals surface area (Å²) in [6.07, 6.45) is -0.140. The van der Waals surface area contributed by atoms with Gasteiger partial charge in [0.25, 0.3) is 0 Å². The van der Waals surface area contributed by atoms with Gasteiger partial charge in [0.1, 0.15) is 17.6 Å². The number of hydrogen-bond donors (Lipinski definition) is 1.